The second-order valence-electron chi connectivity index (χ2n) is 4.87. The van der Waals surface area contributed by atoms with Crippen molar-refractivity contribution in [2.24, 2.45) is 0 Å². The highest BCUT2D eigenvalue weighted by Gasteiger charge is 2.05. The molecule has 0 aliphatic heterocycles. The van der Waals surface area contributed by atoms with Gasteiger partial charge in [0, 0.05) is 17.4 Å². The smallest absolute Gasteiger partial charge is 0.226 e. The largest absolute Gasteiger partial charge is 0.494 e. The molecule has 1 aromatic carbocycles. The molecule has 1 amide bonds. The van der Waals surface area contributed by atoms with Crippen LogP contribution < -0.4 is 10.1 Å². The third-order valence-electron chi connectivity index (χ3n) is 2.94. The van der Waals surface area contributed by atoms with E-state index in [0.717, 1.165) is 5.69 Å². The van der Waals surface area contributed by atoms with E-state index in [1.807, 2.05) is 12.3 Å². The normalized spacial score (nSPS) is 10.3. The van der Waals surface area contributed by atoms with Crippen LogP contribution in [0.4, 0.5) is 5.13 Å². The lowest BCUT2D eigenvalue weighted by molar-refractivity contribution is -0.116. The average molecular weight is 318 g/mol. The summed E-state index contributed by atoms with van der Waals surface area (Å²) in [7, 11) is 0. The third-order valence-corrected chi connectivity index (χ3v) is 3.82. The van der Waals surface area contributed by atoms with Crippen LogP contribution in [-0.4, -0.2) is 23.3 Å². The summed E-state index contributed by atoms with van der Waals surface area (Å²) in [5.74, 6) is 0.659. The van der Waals surface area contributed by atoms with Gasteiger partial charge in [0.1, 0.15) is 5.75 Å². The number of hydrogen-bond acceptors (Lipinski definition) is 5. The molecule has 0 saturated heterocycles. The van der Waals surface area contributed by atoms with E-state index >= 15 is 0 Å². The fraction of sp³-hybridized carbons (Fsp3) is 0.312. The highest BCUT2D eigenvalue weighted by molar-refractivity contribution is 7.13. The summed E-state index contributed by atoms with van der Waals surface area (Å²) >= 11 is 1.42. The molecule has 0 aliphatic carbocycles. The first-order valence-corrected chi connectivity index (χ1v) is 7.88. The Labute approximate surface area is 133 Å². The van der Waals surface area contributed by atoms with Crippen molar-refractivity contribution in [1.82, 2.24) is 4.98 Å². The number of nitrogens with one attached hydrogen (secondary N) is 1. The van der Waals surface area contributed by atoms with E-state index in [9.17, 15) is 9.59 Å². The van der Waals surface area contributed by atoms with Crippen molar-refractivity contribution in [1.29, 1.82) is 0 Å². The maximum absolute atomic E-state index is 11.7. The lowest BCUT2D eigenvalue weighted by Crippen LogP contribution is -2.12. The molecule has 0 radical (unpaired) electrons. The average Bonchev–Trinajstić information content (AvgIpc) is 2.89. The van der Waals surface area contributed by atoms with Crippen molar-refractivity contribution in [3.8, 4) is 5.75 Å². The van der Waals surface area contributed by atoms with Crippen molar-refractivity contribution in [2.45, 2.75) is 26.7 Å². The molecule has 5 nitrogen and oxygen atoms in total. The Kier molecular flexibility index (Phi) is 5.66. The van der Waals surface area contributed by atoms with Gasteiger partial charge in [-0.3, -0.25) is 9.59 Å². The summed E-state index contributed by atoms with van der Waals surface area (Å²) in [6, 6.07) is 6.98. The number of hydrogen-bond donors (Lipinski definition) is 1. The summed E-state index contributed by atoms with van der Waals surface area (Å²) in [4.78, 5) is 27.0. The third kappa shape index (κ3) is 4.96. The van der Waals surface area contributed by atoms with E-state index in [1.165, 1.54) is 18.3 Å². The van der Waals surface area contributed by atoms with Gasteiger partial charge in [0.15, 0.2) is 10.9 Å². The minimum Gasteiger partial charge on any atom is -0.494 e. The van der Waals surface area contributed by atoms with Gasteiger partial charge in [0.25, 0.3) is 0 Å². The summed E-state index contributed by atoms with van der Waals surface area (Å²) in [6.07, 6.45) is 0.995. The molecule has 0 saturated carbocycles. The van der Waals surface area contributed by atoms with E-state index in [4.69, 9.17) is 4.74 Å². The fourth-order valence-corrected chi connectivity index (χ4v) is 2.51. The highest BCUT2D eigenvalue weighted by atomic mass is 32.1. The molecular formula is C16H18N2O3S. The predicted molar refractivity (Wildman–Crippen MR) is 86.7 cm³/mol. The molecule has 1 heterocycles. The molecular weight excluding hydrogens is 300 g/mol. The summed E-state index contributed by atoms with van der Waals surface area (Å²) in [5.41, 5.74) is 1.56. The van der Waals surface area contributed by atoms with Gasteiger partial charge in [0.2, 0.25) is 5.91 Å². The predicted octanol–water partition coefficient (Wildman–Crippen LogP) is 3.45. The lowest BCUT2D eigenvalue weighted by Gasteiger charge is -2.06. The molecule has 116 valence electrons. The van der Waals surface area contributed by atoms with Gasteiger partial charge < -0.3 is 10.1 Å². The van der Waals surface area contributed by atoms with E-state index in [-0.39, 0.29) is 11.7 Å². The van der Waals surface area contributed by atoms with Crippen LogP contribution in [-0.2, 0) is 4.79 Å². The van der Waals surface area contributed by atoms with Crippen LogP contribution >= 0.6 is 11.3 Å². The lowest BCUT2D eigenvalue weighted by atomic mass is 10.1. The zero-order valence-electron chi connectivity index (χ0n) is 12.6. The first-order chi connectivity index (χ1) is 10.5. The molecule has 0 unspecified atom stereocenters. The molecule has 1 N–H and O–H groups in total. The number of ketones is 1. The molecule has 6 heteroatoms. The Morgan fingerprint density at radius 3 is 2.59 bits per heavy atom. The minimum absolute atomic E-state index is 0.0284. The van der Waals surface area contributed by atoms with Crippen molar-refractivity contribution in [2.75, 3.05) is 11.9 Å². The number of aryl methyl sites for hydroxylation is 1. The van der Waals surface area contributed by atoms with Crippen molar-refractivity contribution < 1.29 is 14.3 Å². The standard InChI is InChI=1S/C16H18N2O3S/c1-11-10-22-16(17-11)18-15(20)4-3-9-21-14-7-5-13(6-8-14)12(2)19/h5-8,10H,3-4,9H2,1-2H3,(H,17,18,20). The number of thiazole rings is 1. The number of carbonyl (C=O) groups is 2. The maximum atomic E-state index is 11.7. The quantitative estimate of drug-likeness (QED) is 0.627. The zero-order chi connectivity index (χ0) is 15.9. The number of benzene rings is 1. The highest BCUT2D eigenvalue weighted by Crippen LogP contribution is 2.15. The second-order valence-corrected chi connectivity index (χ2v) is 5.73. The molecule has 0 atom stereocenters. The van der Waals surface area contributed by atoms with Gasteiger partial charge in [-0.25, -0.2) is 4.98 Å². The van der Waals surface area contributed by atoms with Crippen molar-refractivity contribution in [3.05, 3.63) is 40.9 Å². The van der Waals surface area contributed by atoms with Crippen LogP contribution in [0.2, 0.25) is 0 Å². The van der Waals surface area contributed by atoms with Gasteiger partial charge in [-0.1, -0.05) is 0 Å². The minimum atomic E-state index is -0.0649. The molecule has 0 fully saturated rings. The second kappa shape index (κ2) is 7.70. The van der Waals surface area contributed by atoms with Crippen molar-refractivity contribution in [3.63, 3.8) is 0 Å². The molecule has 0 spiro atoms. The maximum Gasteiger partial charge on any atom is 0.226 e. The summed E-state index contributed by atoms with van der Waals surface area (Å²) < 4.78 is 5.54. The summed E-state index contributed by atoms with van der Waals surface area (Å²) in [5, 5.41) is 5.28. The first kappa shape index (κ1) is 16.2. The molecule has 22 heavy (non-hydrogen) atoms. The van der Waals surface area contributed by atoms with Crippen LogP contribution in [0.25, 0.3) is 0 Å². The van der Waals surface area contributed by atoms with Gasteiger partial charge in [-0.2, -0.15) is 0 Å². The van der Waals surface area contributed by atoms with Gasteiger partial charge >= 0.3 is 0 Å². The number of amides is 1. The van der Waals surface area contributed by atoms with Gasteiger partial charge in [0.05, 0.1) is 12.3 Å². The number of ether oxygens (including phenoxy) is 1. The van der Waals surface area contributed by atoms with E-state index < -0.39 is 0 Å². The van der Waals surface area contributed by atoms with Crippen molar-refractivity contribution >= 4 is 28.2 Å². The van der Waals surface area contributed by atoms with Gasteiger partial charge in [-0.05, 0) is 44.5 Å². The number of carbonyl (C=O) groups excluding carboxylic acids is 2. The Morgan fingerprint density at radius 1 is 1.27 bits per heavy atom. The molecule has 1 aromatic heterocycles. The van der Waals surface area contributed by atoms with Crippen LogP contribution in [0.5, 0.6) is 5.75 Å². The molecule has 0 aliphatic rings. The van der Waals surface area contributed by atoms with Gasteiger partial charge in [-0.15, -0.1) is 11.3 Å². The Balaban J connectivity index is 1.68. The zero-order valence-corrected chi connectivity index (χ0v) is 13.4. The number of anilines is 1. The van der Waals surface area contributed by atoms with Crippen LogP contribution in [0.15, 0.2) is 29.6 Å². The summed E-state index contributed by atoms with van der Waals surface area (Å²) in [6.45, 7) is 3.86. The Hall–Kier alpha value is -2.21. The topological polar surface area (TPSA) is 68.3 Å². The number of rotatable bonds is 7. The molecule has 2 rings (SSSR count). The fourth-order valence-electron chi connectivity index (χ4n) is 1.80. The monoisotopic (exact) mass is 318 g/mol. The molecule has 2 aromatic rings. The van der Waals surface area contributed by atoms with Crippen LogP contribution in [0.1, 0.15) is 35.8 Å². The van der Waals surface area contributed by atoms with E-state index in [0.29, 0.717) is 35.9 Å². The molecule has 0 bridgehead atoms. The number of Topliss-reactive ketones (excluding diaryl/α,β-unsaturated/α-hetero) is 1. The SMILES string of the molecule is CC(=O)c1ccc(OCCCC(=O)Nc2nc(C)cs2)cc1. The Morgan fingerprint density at radius 2 is 2.00 bits per heavy atom. The number of aromatic nitrogens is 1. The van der Waals surface area contributed by atoms with Crippen LogP contribution in [0.3, 0.4) is 0 Å². The van der Waals surface area contributed by atoms with E-state index in [2.05, 4.69) is 10.3 Å². The van der Waals surface area contributed by atoms with Crippen LogP contribution in [0, 0.1) is 6.92 Å². The first-order valence-electron chi connectivity index (χ1n) is 7.00. The van der Waals surface area contributed by atoms with E-state index in [1.54, 1.807) is 24.3 Å². The Bertz CT molecular complexity index is 650. The number of nitrogens with zero attached hydrogens (tertiary/aromatic N) is 1.